The molecule has 1 saturated heterocycles. The largest absolute Gasteiger partial charge is 0.391 e. The van der Waals surface area contributed by atoms with Crippen molar-refractivity contribution >= 4 is 11.7 Å². The van der Waals surface area contributed by atoms with Crippen molar-refractivity contribution in [2.45, 2.75) is 50.7 Å². The second-order valence-corrected chi connectivity index (χ2v) is 8.27. The Bertz CT molecular complexity index is 788. The van der Waals surface area contributed by atoms with E-state index in [4.69, 9.17) is 0 Å². The first kappa shape index (κ1) is 19.8. The van der Waals surface area contributed by atoms with Crippen LogP contribution in [0.3, 0.4) is 0 Å². The number of pyridine rings is 1. The summed E-state index contributed by atoms with van der Waals surface area (Å²) in [5, 5.41) is 13.9. The summed E-state index contributed by atoms with van der Waals surface area (Å²) in [6.45, 7) is 1.58. The Labute approximate surface area is 171 Å². The summed E-state index contributed by atoms with van der Waals surface area (Å²) in [7, 11) is 0. The quantitative estimate of drug-likeness (QED) is 0.699. The van der Waals surface area contributed by atoms with E-state index in [2.05, 4.69) is 26.3 Å². The normalized spacial score (nSPS) is 26.2. The van der Waals surface area contributed by atoms with Gasteiger partial charge in [-0.2, -0.15) is 0 Å². The lowest BCUT2D eigenvalue weighted by Crippen LogP contribution is -2.43. The van der Waals surface area contributed by atoms with Crippen molar-refractivity contribution in [1.29, 1.82) is 0 Å². The van der Waals surface area contributed by atoms with Crippen molar-refractivity contribution in [3.8, 4) is 0 Å². The molecule has 2 aromatic heterocycles. The fourth-order valence-electron chi connectivity index (χ4n) is 4.66. The van der Waals surface area contributed by atoms with Gasteiger partial charge in [-0.15, -0.1) is 0 Å². The van der Waals surface area contributed by atoms with E-state index < -0.39 is 6.10 Å². The third kappa shape index (κ3) is 5.09. The lowest BCUT2D eigenvalue weighted by molar-refractivity contribution is -0.130. The fourth-order valence-corrected chi connectivity index (χ4v) is 4.66. The molecule has 4 atom stereocenters. The number of aromatic nitrogens is 3. The first-order chi connectivity index (χ1) is 14.2. The number of likely N-dealkylation sites (tertiary alicyclic amines) is 1. The molecule has 0 radical (unpaired) electrons. The van der Waals surface area contributed by atoms with Crippen LogP contribution >= 0.6 is 0 Å². The molecule has 7 nitrogen and oxygen atoms in total. The number of nitrogens with one attached hydrogen (secondary N) is 1. The standard InChI is InChI=1S/C22H29N5O2/c28-20-11-18-15-27(22(29)6-2-1-4-16-5-3-7-23-12-16)14-17(18)10-19(20)26-21-13-24-8-9-25-21/h3,5,7-9,12-13,17-20,28H,1-2,4,6,10-11,14-15H2,(H,25,26)/t17-,18+,19-,20-/m1/s1. The van der Waals surface area contributed by atoms with Gasteiger partial charge in [-0.3, -0.25) is 14.8 Å². The van der Waals surface area contributed by atoms with E-state index in [0.29, 0.717) is 24.1 Å². The molecular formula is C22H29N5O2. The number of aryl methyl sites for hydroxylation is 1. The third-order valence-corrected chi connectivity index (χ3v) is 6.22. The van der Waals surface area contributed by atoms with Gasteiger partial charge in [0, 0.05) is 44.3 Å². The van der Waals surface area contributed by atoms with Crippen LogP contribution in [0, 0.1) is 11.8 Å². The van der Waals surface area contributed by atoms with Gasteiger partial charge in [-0.25, -0.2) is 4.98 Å². The van der Waals surface area contributed by atoms with Crippen LogP contribution in [0.5, 0.6) is 0 Å². The molecule has 3 heterocycles. The number of carbonyl (C=O) groups excluding carboxylic acids is 1. The molecular weight excluding hydrogens is 366 g/mol. The Hall–Kier alpha value is -2.54. The van der Waals surface area contributed by atoms with Crippen molar-refractivity contribution in [3.63, 3.8) is 0 Å². The molecule has 0 spiro atoms. The molecule has 2 fully saturated rings. The van der Waals surface area contributed by atoms with Crippen LogP contribution in [0.15, 0.2) is 43.1 Å². The average Bonchev–Trinajstić information content (AvgIpc) is 3.16. The lowest BCUT2D eigenvalue weighted by Gasteiger charge is -2.35. The number of carbonyl (C=O) groups is 1. The summed E-state index contributed by atoms with van der Waals surface area (Å²) in [6.07, 6.45) is 13.3. The monoisotopic (exact) mass is 395 g/mol. The van der Waals surface area contributed by atoms with E-state index >= 15 is 0 Å². The highest BCUT2D eigenvalue weighted by atomic mass is 16.3. The smallest absolute Gasteiger partial charge is 0.222 e. The van der Waals surface area contributed by atoms with Gasteiger partial charge < -0.3 is 15.3 Å². The Morgan fingerprint density at radius 2 is 1.93 bits per heavy atom. The predicted octanol–water partition coefficient (Wildman–Crippen LogP) is 2.29. The summed E-state index contributed by atoms with van der Waals surface area (Å²) in [5.74, 6) is 1.77. The van der Waals surface area contributed by atoms with Crippen LogP contribution in [0.25, 0.3) is 0 Å². The van der Waals surface area contributed by atoms with Crippen molar-refractivity contribution in [2.24, 2.45) is 11.8 Å². The maximum Gasteiger partial charge on any atom is 0.222 e. The first-order valence-corrected chi connectivity index (χ1v) is 10.6. The molecule has 2 aromatic rings. The number of hydrogen-bond donors (Lipinski definition) is 2. The van der Waals surface area contributed by atoms with E-state index in [1.807, 2.05) is 17.2 Å². The van der Waals surface area contributed by atoms with Gasteiger partial charge in [0.2, 0.25) is 5.91 Å². The molecule has 1 amide bonds. The van der Waals surface area contributed by atoms with Gasteiger partial charge in [0.1, 0.15) is 5.82 Å². The number of nitrogens with zero attached hydrogens (tertiary/aromatic N) is 4. The minimum Gasteiger partial charge on any atom is -0.391 e. The van der Waals surface area contributed by atoms with Gasteiger partial charge in [-0.1, -0.05) is 6.07 Å². The molecule has 1 aliphatic heterocycles. The van der Waals surface area contributed by atoms with E-state index in [1.54, 1.807) is 24.8 Å². The topological polar surface area (TPSA) is 91.2 Å². The number of rotatable bonds is 7. The van der Waals surface area contributed by atoms with Crippen molar-refractivity contribution in [2.75, 3.05) is 18.4 Å². The number of anilines is 1. The zero-order chi connectivity index (χ0) is 20.1. The summed E-state index contributed by atoms with van der Waals surface area (Å²) in [5.41, 5.74) is 1.22. The fraction of sp³-hybridized carbons (Fsp3) is 0.545. The Morgan fingerprint density at radius 1 is 1.10 bits per heavy atom. The number of amides is 1. The van der Waals surface area contributed by atoms with E-state index in [0.717, 1.165) is 45.2 Å². The summed E-state index contributed by atoms with van der Waals surface area (Å²) in [4.78, 5) is 27.1. The molecule has 154 valence electrons. The summed E-state index contributed by atoms with van der Waals surface area (Å²) >= 11 is 0. The number of unbranched alkanes of at least 4 members (excludes halogenated alkanes) is 1. The van der Waals surface area contributed by atoms with E-state index in [1.165, 1.54) is 5.56 Å². The molecule has 2 aliphatic rings. The number of hydrogen-bond acceptors (Lipinski definition) is 6. The second-order valence-electron chi connectivity index (χ2n) is 8.27. The molecule has 0 unspecified atom stereocenters. The van der Waals surface area contributed by atoms with Crippen molar-refractivity contribution < 1.29 is 9.90 Å². The van der Waals surface area contributed by atoms with Gasteiger partial charge in [0.05, 0.1) is 18.3 Å². The maximum absolute atomic E-state index is 12.7. The van der Waals surface area contributed by atoms with Crippen molar-refractivity contribution in [1.82, 2.24) is 19.9 Å². The number of aliphatic hydroxyl groups is 1. The molecule has 4 rings (SSSR count). The molecule has 7 heteroatoms. The van der Waals surface area contributed by atoms with Crippen LogP contribution in [0.2, 0.25) is 0 Å². The van der Waals surface area contributed by atoms with Gasteiger partial charge in [-0.05, 0) is 55.6 Å². The Kier molecular flexibility index (Phi) is 6.34. The average molecular weight is 396 g/mol. The Morgan fingerprint density at radius 3 is 2.69 bits per heavy atom. The summed E-state index contributed by atoms with van der Waals surface area (Å²) in [6, 6.07) is 3.99. The predicted molar refractivity (Wildman–Crippen MR) is 110 cm³/mol. The molecule has 2 N–H and O–H groups in total. The zero-order valence-corrected chi connectivity index (χ0v) is 16.7. The second kappa shape index (κ2) is 9.31. The number of fused-ring (bicyclic) bond motifs is 1. The first-order valence-electron chi connectivity index (χ1n) is 10.6. The van der Waals surface area contributed by atoms with Crippen LogP contribution in [-0.2, 0) is 11.2 Å². The number of aliphatic hydroxyl groups excluding tert-OH is 1. The maximum atomic E-state index is 12.7. The zero-order valence-electron chi connectivity index (χ0n) is 16.7. The Balaban J connectivity index is 1.23. The van der Waals surface area contributed by atoms with Gasteiger partial charge in [0.25, 0.3) is 0 Å². The van der Waals surface area contributed by atoms with E-state index in [9.17, 15) is 9.90 Å². The molecule has 1 saturated carbocycles. The molecule has 0 bridgehead atoms. The highest BCUT2D eigenvalue weighted by molar-refractivity contribution is 5.76. The minimum absolute atomic E-state index is 0.0394. The lowest BCUT2D eigenvalue weighted by atomic mass is 9.77. The van der Waals surface area contributed by atoms with Crippen molar-refractivity contribution in [3.05, 3.63) is 48.7 Å². The van der Waals surface area contributed by atoms with Gasteiger partial charge >= 0.3 is 0 Å². The van der Waals surface area contributed by atoms with Crippen LogP contribution in [0.1, 0.15) is 37.7 Å². The minimum atomic E-state index is -0.423. The van der Waals surface area contributed by atoms with Gasteiger partial charge in [0.15, 0.2) is 0 Å². The highest BCUT2D eigenvalue weighted by Gasteiger charge is 2.42. The molecule has 1 aliphatic carbocycles. The van der Waals surface area contributed by atoms with Crippen LogP contribution < -0.4 is 5.32 Å². The molecule has 0 aromatic carbocycles. The highest BCUT2D eigenvalue weighted by Crippen LogP contribution is 2.37. The third-order valence-electron chi connectivity index (χ3n) is 6.22. The molecule has 29 heavy (non-hydrogen) atoms. The summed E-state index contributed by atoms with van der Waals surface area (Å²) < 4.78 is 0. The SMILES string of the molecule is O=C(CCCCc1cccnc1)N1C[C@H]2C[C@@H](Nc3cnccn3)[C@H](O)C[C@H]2C1. The van der Waals surface area contributed by atoms with E-state index in [-0.39, 0.29) is 11.9 Å². The van der Waals surface area contributed by atoms with Crippen LogP contribution in [-0.4, -0.2) is 56.1 Å². The van der Waals surface area contributed by atoms with Crippen LogP contribution in [0.4, 0.5) is 5.82 Å².